The maximum Gasteiger partial charge on any atom is 0.287 e. The van der Waals surface area contributed by atoms with Gasteiger partial charge in [0.1, 0.15) is 0 Å². The number of rotatable bonds is 3. The summed E-state index contributed by atoms with van der Waals surface area (Å²) in [6.45, 7) is 3.11. The maximum absolute atomic E-state index is 11.8. The van der Waals surface area contributed by atoms with E-state index in [-0.39, 0.29) is 12.5 Å². The van der Waals surface area contributed by atoms with Crippen LogP contribution < -0.4 is 5.32 Å². The van der Waals surface area contributed by atoms with Crippen LogP contribution in [0.15, 0.2) is 16.7 Å². The minimum absolute atomic E-state index is 0.231. The van der Waals surface area contributed by atoms with Gasteiger partial charge in [-0.3, -0.25) is 4.79 Å². The largest absolute Gasteiger partial charge is 0.459 e. The number of ether oxygens (including phenoxy) is 1. The first-order chi connectivity index (χ1) is 8.11. The van der Waals surface area contributed by atoms with E-state index in [1.165, 1.54) is 6.26 Å². The number of nitrogens with one attached hydrogen (secondary N) is 1. The highest BCUT2D eigenvalue weighted by atomic mass is 16.5. The Bertz CT molecular complexity index is 393. The molecule has 0 aliphatic carbocycles. The van der Waals surface area contributed by atoms with Crippen molar-refractivity contribution in [3.63, 3.8) is 0 Å². The standard InChI is InChI=1S/C12H17NO4/c1-9-2-5-17-10(9)11(14)13-8-12(15)3-6-16-7-4-12/h2,5,15H,3-4,6-8H2,1H3,(H,13,14). The first-order valence-corrected chi connectivity index (χ1v) is 5.73. The average molecular weight is 239 g/mol. The quantitative estimate of drug-likeness (QED) is 0.820. The second-order valence-electron chi connectivity index (χ2n) is 4.45. The molecule has 2 heterocycles. The monoisotopic (exact) mass is 239 g/mol. The molecule has 1 fully saturated rings. The van der Waals surface area contributed by atoms with Crippen LogP contribution in [-0.2, 0) is 4.74 Å². The van der Waals surface area contributed by atoms with E-state index in [4.69, 9.17) is 9.15 Å². The van der Waals surface area contributed by atoms with Gasteiger partial charge in [-0.25, -0.2) is 0 Å². The Morgan fingerprint density at radius 2 is 2.24 bits per heavy atom. The third-order valence-electron chi connectivity index (χ3n) is 3.07. The number of aliphatic hydroxyl groups is 1. The maximum atomic E-state index is 11.8. The molecule has 17 heavy (non-hydrogen) atoms. The Hall–Kier alpha value is -1.33. The molecular weight excluding hydrogens is 222 g/mol. The van der Waals surface area contributed by atoms with E-state index >= 15 is 0 Å². The van der Waals surface area contributed by atoms with Crippen molar-refractivity contribution in [2.24, 2.45) is 0 Å². The molecule has 0 atom stereocenters. The summed E-state index contributed by atoms with van der Waals surface area (Å²) in [6.07, 6.45) is 2.57. The number of aryl methyl sites for hydroxylation is 1. The summed E-state index contributed by atoms with van der Waals surface area (Å²) in [5.74, 6) is 0.0214. The molecule has 0 aromatic carbocycles. The van der Waals surface area contributed by atoms with Gasteiger partial charge >= 0.3 is 0 Å². The summed E-state index contributed by atoms with van der Waals surface area (Å²) in [5, 5.41) is 12.9. The Labute approximate surface area is 99.8 Å². The van der Waals surface area contributed by atoms with Crippen molar-refractivity contribution in [2.45, 2.75) is 25.4 Å². The highest BCUT2D eigenvalue weighted by molar-refractivity contribution is 5.92. The Morgan fingerprint density at radius 1 is 1.53 bits per heavy atom. The van der Waals surface area contributed by atoms with Crippen molar-refractivity contribution in [3.05, 3.63) is 23.7 Å². The number of carbonyl (C=O) groups is 1. The molecule has 94 valence electrons. The first-order valence-electron chi connectivity index (χ1n) is 5.73. The van der Waals surface area contributed by atoms with Crippen LogP contribution in [0.25, 0.3) is 0 Å². The SMILES string of the molecule is Cc1ccoc1C(=O)NCC1(O)CCOCC1. The number of hydrogen-bond donors (Lipinski definition) is 2. The molecule has 0 bridgehead atoms. The van der Waals surface area contributed by atoms with Gasteiger partial charge in [-0.1, -0.05) is 0 Å². The number of hydrogen-bond acceptors (Lipinski definition) is 4. The molecule has 0 radical (unpaired) electrons. The Morgan fingerprint density at radius 3 is 2.82 bits per heavy atom. The fourth-order valence-corrected chi connectivity index (χ4v) is 1.86. The summed E-state index contributed by atoms with van der Waals surface area (Å²) in [5.41, 5.74) is -0.0597. The minimum Gasteiger partial charge on any atom is -0.459 e. The lowest BCUT2D eigenvalue weighted by Crippen LogP contribution is -2.46. The zero-order valence-corrected chi connectivity index (χ0v) is 9.86. The van der Waals surface area contributed by atoms with Gasteiger partial charge < -0.3 is 19.6 Å². The van der Waals surface area contributed by atoms with Crippen LogP contribution in [-0.4, -0.2) is 36.4 Å². The number of carbonyl (C=O) groups excluding carboxylic acids is 1. The normalized spacial score (nSPS) is 18.9. The van der Waals surface area contributed by atoms with Crippen LogP contribution in [0, 0.1) is 6.92 Å². The number of amides is 1. The van der Waals surface area contributed by atoms with Gasteiger partial charge in [0.2, 0.25) is 0 Å². The predicted octanol–water partition coefficient (Wildman–Crippen LogP) is 0.859. The van der Waals surface area contributed by atoms with E-state index in [1.54, 1.807) is 6.07 Å². The van der Waals surface area contributed by atoms with Crippen LogP contribution in [0.3, 0.4) is 0 Å². The third kappa shape index (κ3) is 2.87. The van der Waals surface area contributed by atoms with Crippen LogP contribution in [0.1, 0.15) is 29.0 Å². The second kappa shape index (κ2) is 4.89. The van der Waals surface area contributed by atoms with Crippen molar-refractivity contribution >= 4 is 5.91 Å². The van der Waals surface area contributed by atoms with Crippen molar-refractivity contribution in [1.29, 1.82) is 0 Å². The lowest BCUT2D eigenvalue weighted by Gasteiger charge is -2.31. The molecule has 5 heteroatoms. The Kier molecular flexibility index (Phi) is 3.49. The summed E-state index contributed by atoms with van der Waals surface area (Å²) in [4.78, 5) is 11.8. The fourth-order valence-electron chi connectivity index (χ4n) is 1.86. The van der Waals surface area contributed by atoms with E-state index < -0.39 is 5.60 Å². The smallest absolute Gasteiger partial charge is 0.287 e. The van der Waals surface area contributed by atoms with E-state index in [0.29, 0.717) is 31.8 Å². The molecule has 2 N–H and O–H groups in total. The zero-order valence-electron chi connectivity index (χ0n) is 9.86. The van der Waals surface area contributed by atoms with Crippen molar-refractivity contribution < 1.29 is 19.1 Å². The lowest BCUT2D eigenvalue weighted by molar-refractivity contribution is -0.0605. The fraction of sp³-hybridized carbons (Fsp3) is 0.583. The van der Waals surface area contributed by atoms with E-state index in [1.807, 2.05) is 6.92 Å². The molecule has 5 nitrogen and oxygen atoms in total. The van der Waals surface area contributed by atoms with Crippen LogP contribution in [0.2, 0.25) is 0 Å². The molecule has 1 aromatic rings. The molecule has 0 unspecified atom stereocenters. The van der Waals surface area contributed by atoms with Gasteiger partial charge in [-0.15, -0.1) is 0 Å². The minimum atomic E-state index is -0.853. The highest BCUT2D eigenvalue weighted by Crippen LogP contribution is 2.19. The molecule has 1 aromatic heterocycles. The lowest BCUT2D eigenvalue weighted by atomic mass is 9.94. The molecule has 1 aliphatic rings. The molecule has 1 aliphatic heterocycles. The van der Waals surface area contributed by atoms with Gasteiger partial charge in [0, 0.05) is 38.2 Å². The third-order valence-corrected chi connectivity index (χ3v) is 3.07. The summed E-state index contributed by atoms with van der Waals surface area (Å²) in [6, 6.07) is 1.73. The van der Waals surface area contributed by atoms with E-state index in [0.717, 1.165) is 5.56 Å². The average Bonchev–Trinajstić information content (AvgIpc) is 2.74. The van der Waals surface area contributed by atoms with Crippen molar-refractivity contribution in [2.75, 3.05) is 19.8 Å². The van der Waals surface area contributed by atoms with Crippen LogP contribution in [0.4, 0.5) is 0 Å². The van der Waals surface area contributed by atoms with Gasteiger partial charge in [0.05, 0.1) is 11.9 Å². The van der Waals surface area contributed by atoms with Gasteiger partial charge in [0.25, 0.3) is 5.91 Å². The predicted molar refractivity (Wildman–Crippen MR) is 60.8 cm³/mol. The van der Waals surface area contributed by atoms with E-state index in [9.17, 15) is 9.90 Å². The molecular formula is C12H17NO4. The zero-order chi connectivity index (χ0) is 12.3. The topological polar surface area (TPSA) is 71.7 Å². The van der Waals surface area contributed by atoms with Crippen LogP contribution >= 0.6 is 0 Å². The summed E-state index contributed by atoms with van der Waals surface area (Å²) >= 11 is 0. The molecule has 2 rings (SSSR count). The van der Waals surface area contributed by atoms with Crippen LogP contribution in [0.5, 0.6) is 0 Å². The number of furan rings is 1. The van der Waals surface area contributed by atoms with Crippen molar-refractivity contribution in [1.82, 2.24) is 5.32 Å². The first kappa shape index (κ1) is 12.1. The second-order valence-corrected chi connectivity index (χ2v) is 4.45. The van der Waals surface area contributed by atoms with E-state index in [2.05, 4.69) is 5.32 Å². The van der Waals surface area contributed by atoms with Crippen molar-refractivity contribution in [3.8, 4) is 0 Å². The molecule has 0 spiro atoms. The molecule has 0 saturated carbocycles. The summed E-state index contributed by atoms with van der Waals surface area (Å²) in [7, 11) is 0. The molecule has 1 amide bonds. The van der Waals surface area contributed by atoms with Gasteiger partial charge in [-0.05, 0) is 13.0 Å². The summed E-state index contributed by atoms with van der Waals surface area (Å²) < 4.78 is 10.3. The molecule has 1 saturated heterocycles. The highest BCUT2D eigenvalue weighted by Gasteiger charge is 2.30. The Balaban J connectivity index is 1.90. The van der Waals surface area contributed by atoms with Gasteiger partial charge in [0.15, 0.2) is 5.76 Å². The van der Waals surface area contributed by atoms with Gasteiger partial charge in [-0.2, -0.15) is 0 Å².